The Bertz CT molecular complexity index is 273. The smallest absolute Gasteiger partial charge is 0.330 e. The molecule has 0 unspecified atom stereocenters. The monoisotopic (exact) mass is 181 g/mol. The molecule has 70 valence electrons. The highest BCUT2D eigenvalue weighted by molar-refractivity contribution is 5.78. The minimum absolute atomic E-state index is 0.411. The maximum Gasteiger partial charge on any atom is 0.330 e. The van der Waals surface area contributed by atoms with Crippen LogP contribution in [0.4, 0.5) is 0 Å². The molecule has 1 aromatic rings. The Hall–Kier alpha value is -1.39. The highest BCUT2D eigenvalue weighted by Gasteiger charge is 2.13. The van der Waals surface area contributed by atoms with Crippen LogP contribution in [0.1, 0.15) is 0 Å². The maximum atomic E-state index is 11.0. The van der Waals surface area contributed by atoms with Crippen molar-refractivity contribution in [1.29, 1.82) is 0 Å². The van der Waals surface area contributed by atoms with Gasteiger partial charge in [-0.2, -0.15) is 0 Å². The Labute approximate surface area is 75.9 Å². The topological polar surface area (TPSA) is 72.5 Å². The van der Waals surface area contributed by atoms with E-state index in [9.17, 15) is 4.79 Å². The molecular formula is C9H11NO3. The Balaban J connectivity index is 2.55. The van der Waals surface area contributed by atoms with E-state index in [2.05, 4.69) is 0 Å². The summed E-state index contributed by atoms with van der Waals surface area (Å²) < 4.78 is 4.84. The third kappa shape index (κ3) is 2.85. The highest BCUT2D eigenvalue weighted by Crippen LogP contribution is 2.08. The largest absolute Gasteiger partial charge is 0.425 e. The third-order valence-corrected chi connectivity index (χ3v) is 1.46. The number of nitrogens with two attached hydrogens (primary N) is 1. The summed E-state index contributed by atoms with van der Waals surface area (Å²) in [5.74, 6) is -0.204. The van der Waals surface area contributed by atoms with E-state index in [1.807, 2.05) is 6.07 Å². The van der Waals surface area contributed by atoms with E-state index in [0.29, 0.717) is 5.75 Å². The highest BCUT2D eigenvalue weighted by atomic mass is 16.5. The van der Waals surface area contributed by atoms with Gasteiger partial charge in [0.1, 0.15) is 11.8 Å². The predicted octanol–water partition coefficient (Wildman–Crippen LogP) is -0.0884. The third-order valence-electron chi connectivity index (χ3n) is 1.46. The molecule has 0 aliphatic heterocycles. The quantitative estimate of drug-likeness (QED) is 0.505. The van der Waals surface area contributed by atoms with Gasteiger partial charge < -0.3 is 15.6 Å². The van der Waals surface area contributed by atoms with Gasteiger partial charge in [-0.1, -0.05) is 18.2 Å². The van der Waals surface area contributed by atoms with Crippen molar-refractivity contribution in [1.82, 2.24) is 0 Å². The minimum Gasteiger partial charge on any atom is -0.425 e. The molecule has 3 N–H and O–H groups in total. The molecule has 0 aromatic heterocycles. The molecule has 4 nitrogen and oxygen atoms in total. The second-order valence-corrected chi connectivity index (χ2v) is 2.52. The van der Waals surface area contributed by atoms with E-state index in [-0.39, 0.29) is 0 Å². The summed E-state index contributed by atoms with van der Waals surface area (Å²) in [5.41, 5.74) is 5.24. The summed E-state index contributed by atoms with van der Waals surface area (Å²) in [4.78, 5) is 11.0. The number of para-hydroxylation sites is 1. The number of esters is 1. The van der Waals surface area contributed by atoms with Crippen LogP contribution in [-0.4, -0.2) is 23.7 Å². The minimum atomic E-state index is -0.972. The summed E-state index contributed by atoms with van der Waals surface area (Å²) >= 11 is 0. The Kier molecular flexibility index (Phi) is 3.42. The lowest BCUT2D eigenvalue weighted by Crippen LogP contribution is -2.37. The first-order valence-corrected chi connectivity index (χ1v) is 3.87. The summed E-state index contributed by atoms with van der Waals surface area (Å²) in [6, 6.07) is 7.60. The summed E-state index contributed by atoms with van der Waals surface area (Å²) in [6.07, 6.45) is 0. The van der Waals surface area contributed by atoms with Gasteiger partial charge in [0.25, 0.3) is 0 Å². The Morgan fingerprint density at radius 1 is 1.46 bits per heavy atom. The van der Waals surface area contributed by atoms with Crippen molar-refractivity contribution in [2.24, 2.45) is 5.73 Å². The molecule has 13 heavy (non-hydrogen) atoms. The number of carbonyl (C=O) groups is 1. The first-order chi connectivity index (χ1) is 6.24. The van der Waals surface area contributed by atoms with E-state index >= 15 is 0 Å². The van der Waals surface area contributed by atoms with Crippen LogP contribution in [0, 0.1) is 0 Å². The van der Waals surface area contributed by atoms with Crippen LogP contribution >= 0.6 is 0 Å². The zero-order valence-corrected chi connectivity index (χ0v) is 7.01. The van der Waals surface area contributed by atoms with Gasteiger partial charge in [-0.15, -0.1) is 0 Å². The summed E-state index contributed by atoms with van der Waals surface area (Å²) in [7, 11) is 0. The van der Waals surface area contributed by atoms with Gasteiger partial charge in [-0.05, 0) is 12.1 Å². The van der Waals surface area contributed by atoms with Crippen molar-refractivity contribution in [3.05, 3.63) is 30.3 Å². The second kappa shape index (κ2) is 4.59. The molecule has 1 atom stereocenters. The van der Waals surface area contributed by atoms with E-state index in [4.69, 9.17) is 15.6 Å². The lowest BCUT2D eigenvalue weighted by molar-refractivity contribution is -0.136. The molecule has 0 aliphatic rings. The number of benzene rings is 1. The number of aliphatic hydroxyl groups excluding tert-OH is 1. The van der Waals surface area contributed by atoms with Gasteiger partial charge in [0.2, 0.25) is 0 Å². The first kappa shape index (κ1) is 9.70. The maximum absolute atomic E-state index is 11.0. The molecule has 0 saturated carbocycles. The summed E-state index contributed by atoms with van der Waals surface area (Å²) in [6.45, 7) is -0.411. The fourth-order valence-corrected chi connectivity index (χ4v) is 0.755. The molecule has 0 saturated heterocycles. The first-order valence-electron chi connectivity index (χ1n) is 3.87. The number of rotatable bonds is 3. The average Bonchev–Trinajstić information content (AvgIpc) is 2.18. The number of hydrogen-bond acceptors (Lipinski definition) is 4. The number of ether oxygens (including phenoxy) is 1. The molecule has 0 bridgehead atoms. The van der Waals surface area contributed by atoms with Crippen molar-refractivity contribution in [2.45, 2.75) is 6.04 Å². The molecule has 1 rings (SSSR count). The van der Waals surface area contributed by atoms with Crippen LogP contribution in [0.5, 0.6) is 5.75 Å². The van der Waals surface area contributed by atoms with Gasteiger partial charge in [-0.25, -0.2) is 4.79 Å². The second-order valence-electron chi connectivity index (χ2n) is 2.52. The van der Waals surface area contributed by atoms with Gasteiger partial charge in [0, 0.05) is 0 Å². The van der Waals surface area contributed by atoms with Crippen molar-refractivity contribution in [2.75, 3.05) is 6.61 Å². The Morgan fingerprint density at radius 2 is 2.08 bits per heavy atom. The predicted molar refractivity (Wildman–Crippen MR) is 47.1 cm³/mol. The zero-order chi connectivity index (χ0) is 9.68. The van der Waals surface area contributed by atoms with E-state index < -0.39 is 18.6 Å². The molecule has 0 aliphatic carbocycles. The molecular weight excluding hydrogens is 170 g/mol. The normalized spacial score (nSPS) is 12.2. The van der Waals surface area contributed by atoms with Crippen LogP contribution in [0.15, 0.2) is 30.3 Å². The fourth-order valence-electron chi connectivity index (χ4n) is 0.755. The van der Waals surface area contributed by atoms with Gasteiger partial charge in [-0.3, -0.25) is 0 Å². The molecule has 1 aromatic carbocycles. The van der Waals surface area contributed by atoms with Crippen molar-refractivity contribution in [3.63, 3.8) is 0 Å². The lowest BCUT2D eigenvalue weighted by atomic mass is 10.3. The van der Waals surface area contributed by atoms with E-state index in [1.54, 1.807) is 24.3 Å². The number of aliphatic hydroxyl groups is 1. The van der Waals surface area contributed by atoms with Crippen molar-refractivity contribution in [3.8, 4) is 5.75 Å². The molecule has 0 heterocycles. The average molecular weight is 181 g/mol. The molecule has 0 spiro atoms. The summed E-state index contributed by atoms with van der Waals surface area (Å²) in [5, 5.41) is 8.56. The van der Waals surface area contributed by atoms with Gasteiger partial charge in [0.15, 0.2) is 0 Å². The number of hydrogen-bond donors (Lipinski definition) is 2. The van der Waals surface area contributed by atoms with Crippen LogP contribution in [0.2, 0.25) is 0 Å². The Morgan fingerprint density at radius 3 is 2.62 bits per heavy atom. The fraction of sp³-hybridized carbons (Fsp3) is 0.222. The zero-order valence-electron chi connectivity index (χ0n) is 7.01. The lowest BCUT2D eigenvalue weighted by Gasteiger charge is -2.07. The molecule has 0 amide bonds. The van der Waals surface area contributed by atoms with E-state index in [1.165, 1.54) is 0 Å². The van der Waals surface area contributed by atoms with Crippen molar-refractivity contribution >= 4 is 5.97 Å². The standard InChI is InChI=1S/C9H11NO3/c10-8(6-11)9(12)13-7-4-2-1-3-5-7/h1-5,8,11H,6,10H2/t8-/m1/s1. The van der Waals surface area contributed by atoms with Gasteiger partial charge >= 0.3 is 5.97 Å². The van der Waals surface area contributed by atoms with Crippen LogP contribution in [-0.2, 0) is 4.79 Å². The number of carbonyl (C=O) groups excluding carboxylic acids is 1. The van der Waals surface area contributed by atoms with E-state index in [0.717, 1.165) is 0 Å². The molecule has 0 fully saturated rings. The van der Waals surface area contributed by atoms with Crippen LogP contribution < -0.4 is 10.5 Å². The van der Waals surface area contributed by atoms with Gasteiger partial charge in [0.05, 0.1) is 6.61 Å². The molecule has 4 heteroatoms. The van der Waals surface area contributed by atoms with Crippen LogP contribution in [0.3, 0.4) is 0 Å². The SMILES string of the molecule is N[C@H](CO)C(=O)Oc1ccccc1. The molecule has 0 radical (unpaired) electrons. The van der Waals surface area contributed by atoms with Crippen molar-refractivity contribution < 1.29 is 14.6 Å². The van der Waals surface area contributed by atoms with Crippen LogP contribution in [0.25, 0.3) is 0 Å².